The van der Waals surface area contributed by atoms with Gasteiger partial charge in [-0.1, -0.05) is 6.58 Å². The second-order valence-electron chi connectivity index (χ2n) is 5.55. The fraction of sp³-hybridized carbons (Fsp3) is 0.105. The maximum atomic E-state index is 13.1. The molecule has 0 unspecified atom stereocenters. The third-order valence-electron chi connectivity index (χ3n) is 3.75. The Morgan fingerprint density at radius 1 is 1.35 bits per heavy atom. The summed E-state index contributed by atoms with van der Waals surface area (Å²) in [7, 11) is 0. The van der Waals surface area contributed by atoms with Crippen LogP contribution in [0.5, 0.6) is 11.5 Å². The summed E-state index contributed by atoms with van der Waals surface area (Å²) in [6.45, 7) is 6.11. The lowest BCUT2D eigenvalue weighted by atomic mass is 10.1. The van der Waals surface area contributed by atoms with E-state index in [1.165, 1.54) is 28.9 Å². The molecule has 2 aromatic carbocycles. The number of hydrogen-bond donors (Lipinski definition) is 2. The van der Waals surface area contributed by atoms with Crippen LogP contribution in [-0.2, 0) is 0 Å². The lowest BCUT2D eigenvalue weighted by Crippen LogP contribution is -2.33. The van der Waals surface area contributed by atoms with Crippen LogP contribution in [0.3, 0.4) is 0 Å². The largest absolute Gasteiger partial charge is 0.504 e. The number of nitrogens with one attached hydrogen (secondary N) is 1. The van der Waals surface area contributed by atoms with Crippen LogP contribution in [0.4, 0.5) is 4.39 Å². The van der Waals surface area contributed by atoms with Crippen LogP contribution < -0.4 is 20.9 Å². The number of halogens is 2. The molecule has 1 aromatic heterocycles. The molecule has 0 amide bonds. The van der Waals surface area contributed by atoms with Crippen molar-refractivity contribution >= 4 is 35.2 Å². The maximum Gasteiger partial charge on any atom is 0.279 e. The Morgan fingerprint density at radius 3 is 2.69 bits per heavy atom. The highest BCUT2D eigenvalue weighted by Crippen LogP contribution is 2.32. The van der Waals surface area contributed by atoms with Gasteiger partial charge >= 0.3 is 0 Å². The van der Waals surface area contributed by atoms with Gasteiger partial charge in [-0.3, -0.25) is 9.89 Å². The molecule has 0 aliphatic rings. The van der Waals surface area contributed by atoms with Gasteiger partial charge in [0.1, 0.15) is 5.82 Å². The number of hydrogen-bond acceptors (Lipinski definition) is 3. The minimum atomic E-state index is -0.378. The van der Waals surface area contributed by atoms with Crippen molar-refractivity contribution in [1.82, 2.24) is 9.78 Å². The van der Waals surface area contributed by atoms with Gasteiger partial charge < -0.3 is 9.84 Å². The molecule has 2 N–H and O–H groups in total. The van der Waals surface area contributed by atoms with Crippen LogP contribution in [0.2, 0.25) is 0 Å². The molecule has 0 bridgehead atoms. The van der Waals surface area contributed by atoms with Gasteiger partial charge in [0, 0.05) is 0 Å². The molecule has 0 aliphatic carbocycles. The van der Waals surface area contributed by atoms with Gasteiger partial charge in [-0.25, -0.2) is 9.07 Å². The van der Waals surface area contributed by atoms with Gasteiger partial charge in [0.05, 0.1) is 26.4 Å². The third-order valence-corrected chi connectivity index (χ3v) is 4.57. The topological polar surface area (TPSA) is 67.2 Å². The number of rotatable bonds is 4. The Kier molecular flexibility index (Phi) is 5.17. The van der Waals surface area contributed by atoms with Crippen molar-refractivity contribution in [2.45, 2.75) is 6.92 Å². The van der Waals surface area contributed by atoms with Crippen LogP contribution in [-0.4, -0.2) is 21.5 Å². The van der Waals surface area contributed by atoms with Crippen LogP contribution in [0.25, 0.3) is 18.3 Å². The van der Waals surface area contributed by atoms with E-state index in [1.54, 1.807) is 18.2 Å². The molecule has 0 atom stereocenters. The zero-order valence-electron chi connectivity index (χ0n) is 13.9. The Balaban J connectivity index is 2.15. The third kappa shape index (κ3) is 3.52. The Morgan fingerprint density at radius 2 is 2.04 bits per heavy atom. The number of phenols is 1. The fourth-order valence-corrected chi connectivity index (χ4v) is 3.15. The molecule has 0 saturated heterocycles. The molecule has 0 saturated carbocycles. The summed E-state index contributed by atoms with van der Waals surface area (Å²) < 4.78 is 20.4. The predicted molar refractivity (Wildman–Crippen MR) is 107 cm³/mol. The minimum Gasteiger partial charge on any atom is -0.504 e. The van der Waals surface area contributed by atoms with Gasteiger partial charge in [0.15, 0.2) is 11.5 Å². The first-order chi connectivity index (χ1) is 12.4. The molecular formula is C19H16FIN2O3. The van der Waals surface area contributed by atoms with Crippen LogP contribution in [0, 0.1) is 9.39 Å². The summed E-state index contributed by atoms with van der Waals surface area (Å²) in [5.41, 5.74) is 0.904. The molecule has 1 heterocycles. The van der Waals surface area contributed by atoms with Crippen LogP contribution in [0.1, 0.15) is 12.5 Å². The molecule has 0 aliphatic heterocycles. The highest BCUT2D eigenvalue weighted by molar-refractivity contribution is 14.1. The molecule has 5 nitrogen and oxygen atoms in total. The molecule has 7 heteroatoms. The van der Waals surface area contributed by atoms with Crippen molar-refractivity contribution in [1.29, 1.82) is 0 Å². The molecule has 0 fully saturated rings. The number of ether oxygens (including phenoxy) is 1. The van der Waals surface area contributed by atoms with E-state index in [0.29, 0.717) is 37.7 Å². The van der Waals surface area contributed by atoms with Gasteiger partial charge in [0.25, 0.3) is 5.56 Å². The normalized spacial score (nSPS) is 11.7. The molecule has 26 heavy (non-hydrogen) atoms. The van der Waals surface area contributed by atoms with E-state index < -0.39 is 0 Å². The number of aromatic nitrogens is 2. The fourth-order valence-electron chi connectivity index (χ4n) is 2.53. The van der Waals surface area contributed by atoms with Crippen molar-refractivity contribution in [3.8, 4) is 17.2 Å². The Labute approximate surface area is 162 Å². The first-order valence-corrected chi connectivity index (χ1v) is 8.91. The van der Waals surface area contributed by atoms with E-state index in [2.05, 4.69) is 11.7 Å². The van der Waals surface area contributed by atoms with Gasteiger partial charge in [-0.2, -0.15) is 0 Å². The number of benzene rings is 2. The Hall–Kier alpha value is -2.55. The first kappa shape index (κ1) is 18.2. The molecule has 3 aromatic rings. The van der Waals surface area contributed by atoms with Crippen molar-refractivity contribution in [3.63, 3.8) is 0 Å². The quantitative estimate of drug-likeness (QED) is 0.580. The highest BCUT2D eigenvalue weighted by atomic mass is 127. The van der Waals surface area contributed by atoms with Crippen LogP contribution >= 0.6 is 22.6 Å². The first-order valence-electron chi connectivity index (χ1n) is 7.83. The standard InChI is InChI=1S/C19H16FIN2O3/c1-3-26-17-10-12(9-16(21)18(17)24)8-15-11(2)22-23(19(15)25)14-6-4-13(20)5-7-14/h4-10,22,24H,2-3H2,1H3/b15-8-. The molecular weight excluding hydrogens is 450 g/mol. The second kappa shape index (κ2) is 7.36. The van der Waals surface area contributed by atoms with E-state index in [-0.39, 0.29) is 17.1 Å². The number of phenolic OH excluding ortho intramolecular Hbond substituents is 1. The average molecular weight is 466 g/mol. The van der Waals surface area contributed by atoms with Crippen molar-refractivity contribution < 1.29 is 14.2 Å². The summed E-state index contributed by atoms with van der Waals surface area (Å²) in [5.74, 6) is 0.0417. The van der Waals surface area contributed by atoms with Crippen molar-refractivity contribution in [2.24, 2.45) is 0 Å². The molecule has 0 radical (unpaired) electrons. The summed E-state index contributed by atoms with van der Waals surface area (Å²) in [5, 5.41) is 13.7. The van der Waals surface area contributed by atoms with Crippen molar-refractivity contribution in [3.05, 3.63) is 72.3 Å². The van der Waals surface area contributed by atoms with E-state index in [4.69, 9.17) is 4.74 Å². The van der Waals surface area contributed by atoms with Gasteiger partial charge in [-0.05, 0) is 77.6 Å². The van der Waals surface area contributed by atoms with Gasteiger partial charge in [-0.15, -0.1) is 0 Å². The number of aromatic hydroxyl groups is 1. The van der Waals surface area contributed by atoms with Gasteiger partial charge in [0.2, 0.25) is 0 Å². The summed E-state index contributed by atoms with van der Waals surface area (Å²) in [6, 6.07) is 8.98. The summed E-state index contributed by atoms with van der Waals surface area (Å²) >= 11 is 2.00. The van der Waals surface area contributed by atoms with E-state index in [0.717, 1.165) is 0 Å². The summed E-state index contributed by atoms with van der Waals surface area (Å²) in [6.07, 6.45) is 1.67. The SMILES string of the molecule is C=c1[nH]n(-c2ccc(F)cc2)c(=O)/c1=C\c1cc(I)c(O)c(OCC)c1. The lowest BCUT2D eigenvalue weighted by molar-refractivity contribution is 0.317. The number of nitrogens with zero attached hydrogens (tertiary/aromatic N) is 1. The highest BCUT2D eigenvalue weighted by Gasteiger charge is 2.10. The molecule has 0 spiro atoms. The van der Waals surface area contributed by atoms with Crippen molar-refractivity contribution in [2.75, 3.05) is 6.61 Å². The van der Waals surface area contributed by atoms with E-state index >= 15 is 0 Å². The Bertz CT molecular complexity index is 1120. The maximum absolute atomic E-state index is 13.1. The zero-order valence-corrected chi connectivity index (χ0v) is 16.1. The number of aromatic amines is 1. The number of H-pyrrole nitrogens is 1. The van der Waals surface area contributed by atoms with Crippen LogP contribution in [0.15, 0.2) is 41.2 Å². The minimum absolute atomic E-state index is 0.0669. The average Bonchev–Trinajstić information content (AvgIpc) is 2.88. The zero-order chi connectivity index (χ0) is 18.8. The van der Waals surface area contributed by atoms with E-state index in [9.17, 15) is 14.3 Å². The lowest BCUT2D eigenvalue weighted by Gasteiger charge is -2.08. The predicted octanol–water partition coefficient (Wildman–Crippen LogP) is 2.25. The van der Waals surface area contributed by atoms with E-state index in [1.807, 2.05) is 29.5 Å². The smallest absolute Gasteiger partial charge is 0.279 e. The monoisotopic (exact) mass is 466 g/mol. The molecule has 3 rings (SSSR count). The second-order valence-corrected chi connectivity index (χ2v) is 6.71. The molecule has 134 valence electrons. The summed E-state index contributed by atoms with van der Waals surface area (Å²) in [4.78, 5) is 12.7.